The molecule has 0 bridgehead atoms. The highest BCUT2D eigenvalue weighted by molar-refractivity contribution is 4.90. The number of nitrogens with one attached hydrogen (secondary N) is 1. The first-order valence-electron chi connectivity index (χ1n) is 7.83. The molecule has 1 saturated carbocycles. The van der Waals surface area contributed by atoms with E-state index in [1.54, 1.807) is 7.11 Å². The molecule has 1 fully saturated rings. The Morgan fingerprint density at radius 3 is 2.63 bits per heavy atom. The highest BCUT2D eigenvalue weighted by Gasteiger charge is 2.35. The standard InChI is InChI=1S/C16H34N2O/c1-7-18(13(2)12-19-6)11-14-10-16(3,4)9-8-15(14)17-5/h13-15,17H,7-12H2,1-6H3. The van der Waals surface area contributed by atoms with Gasteiger partial charge in [-0.05, 0) is 51.1 Å². The van der Waals surface area contributed by atoms with E-state index in [-0.39, 0.29) is 0 Å². The maximum absolute atomic E-state index is 5.31. The molecule has 0 radical (unpaired) electrons. The van der Waals surface area contributed by atoms with Gasteiger partial charge >= 0.3 is 0 Å². The molecule has 1 aliphatic carbocycles. The van der Waals surface area contributed by atoms with Gasteiger partial charge in [-0.15, -0.1) is 0 Å². The van der Waals surface area contributed by atoms with E-state index in [1.807, 2.05) is 0 Å². The quantitative estimate of drug-likeness (QED) is 0.770. The summed E-state index contributed by atoms with van der Waals surface area (Å²) in [6, 6.07) is 1.19. The molecule has 114 valence electrons. The van der Waals surface area contributed by atoms with Crippen molar-refractivity contribution >= 4 is 0 Å². The topological polar surface area (TPSA) is 24.5 Å². The lowest BCUT2D eigenvalue weighted by Crippen LogP contribution is -2.48. The summed E-state index contributed by atoms with van der Waals surface area (Å²) in [5.41, 5.74) is 0.502. The molecule has 0 saturated heterocycles. The minimum Gasteiger partial charge on any atom is -0.383 e. The predicted octanol–water partition coefficient (Wildman–Crippen LogP) is 2.76. The van der Waals surface area contributed by atoms with Crippen LogP contribution in [0.3, 0.4) is 0 Å². The molecule has 0 aromatic rings. The third-order valence-electron chi connectivity index (χ3n) is 4.79. The van der Waals surface area contributed by atoms with Crippen molar-refractivity contribution in [3.8, 4) is 0 Å². The molecule has 1 rings (SSSR count). The second-order valence-corrected chi connectivity index (χ2v) is 6.95. The molecular weight excluding hydrogens is 236 g/mol. The van der Waals surface area contributed by atoms with Crippen molar-refractivity contribution in [1.29, 1.82) is 0 Å². The van der Waals surface area contributed by atoms with Gasteiger partial charge in [-0.1, -0.05) is 20.8 Å². The van der Waals surface area contributed by atoms with Gasteiger partial charge in [-0.25, -0.2) is 0 Å². The summed E-state index contributed by atoms with van der Waals surface area (Å²) in [6.45, 7) is 12.5. The Labute approximate surface area is 120 Å². The lowest BCUT2D eigenvalue weighted by Gasteiger charge is -2.43. The fraction of sp³-hybridized carbons (Fsp3) is 1.00. The van der Waals surface area contributed by atoms with Gasteiger partial charge in [-0.3, -0.25) is 4.90 Å². The first kappa shape index (κ1) is 16.9. The molecule has 19 heavy (non-hydrogen) atoms. The molecule has 0 aromatic heterocycles. The van der Waals surface area contributed by atoms with E-state index < -0.39 is 0 Å². The molecule has 0 amide bonds. The van der Waals surface area contributed by atoms with Gasteiger partial charge in [0.1, 0.15) is 0 Å². The second-order valence-electron chi connectivity index (χ2n) is 6.95. The van der Waals surface area contributed by atoms with Crippen LogP contribution in [-0.2, 0) is 4.74 Å². The van der Waals surface area contributed by atoms with Crippen LogP contribution in [0.15, 0.2) is 0 Å². The van der Waals surface area contributed by atoms with E-state index in [2.05, 4.69) is 45.0 Å². The first-order chi connectivity index (χ1) is 8.93. The lowest BCUT2D eigenvalue weighted by molar-refractivity contribution is 0.0591. The van der Waals surface area contributed by atoms with Crippen molar-refractivity contribution < 1.29 is 4.74 Å². The van der Waals surface area contributed by atoms with Crippen LogP contribution in [0.4, 0.5) is 0 Å². The van der Waals surface area contributed by atoms with E-state index in [0.29, 0.717) is 17.5 Å². The largest absolute Gasteiger partial charge is 0.383 e. The Kier molecular flexibility index (Phi) is 6.78. The number of nitrogens with zero attached hydrogens (tertiary/aromatic N) is 1. The highest BCUT2D eigenvalue weighted by Crippen LogP contribution is 2.39. The van der Waals surface area contributed by atoms with Crippen molar-refractivity contribution in [2.24, 2.45) is 11.3 Å². The van der Waals surface area contributed by atoms with Gasteiger partial charge in [0, 0.05) is 25.7 Å². The monoisotopic (exact) mass is 270 g/mol. The number of hydrogen-bond acceptors (Lipinski definition) is 3. The van der Waals surface area contributed by atoms with Crippen molar-refractivity contribution in [1.82, 2.24) is 10.2 Å². The van der Waals surface area contributed by atoms with Crippen LogP contribution in [0.25, 0.3) is 0 Å². The average Bonchev–Trinajstić information content (AvgIpc) is 2.35. The van der Waals surface area contributed by atoms with Gasteiger partial charge in [0.25, 0.3) is 0 Å². The number of likely N-dealkylation sites (N-methyl/N-ethyl adjacent to an activating group) is 1. The van der Waals surface area contributed by atoms with Crippen LogP contribution in [0.5, 0.6) is 0 Å². The molecule has 3 unspecified atom stereocenters. The maximum Gasteiger partial charge on any atom is 0.0615 e. The van der Waals surface area contributed by atoms with Crippen LogP contribution >= 0.6 is 0 Å². The summed E-state index contributed by atoms with van der Waals surface area (Å²) in [7, 11) is 3.91. The van der Waals surface area contributed by atoms with Gasteiger partial charge < -0.3 is 10.1 Å². The zero-order valence-corrected chi connectivity index (χ0v) is 13.8. The number of methoxy groups -OCH3 is 1. The molecule has 0 aromatic carbocycles. The average molecular weight is 270 g/mol. The van der Waals surface area contributed by atoms with Crippen LogP contribution in [0.2, 0.25) is 0 Å². The predicted molar refractivity (Wildman–Crippen MR) is 82.6 cm³/mol. The summed E-state index contributed by atoms with van der Waals surface area (Å²) in [6.07, 6.45) is 3.98. The Morgan fingerprint density at radius 2 is 2.11 bits per heavy atom. The van der Waals surface area contributed by atoms with Crippen LogP contribution in [0.1, 0.15) is 47.0 Å². The summed E-state index contributed by atoms with van der Waals surface area (Å²) in [4.78, 5) is 2.57. The van der Waals surface area contributed by atoms with E-state index in [0.717, 1.165) is 19.1 Å². The summed E-state index contributed by atoms with van der Waals surface area (Å²) in [5.74, 6) is 0.757. The van der Waals surface area contributed by atoms with Crippen molar-refractivity contribution in [2.45, 2.75) is 59.0 Å². The third-order valence-corrected chi connectivity index (χ3v) is 4.79. The number of hydrogen-bond donors (Lipinski definition) is 1. The highest BCUT2D eigenvalue weighted by atomic mass is 16.5. The molecule has 0 heterocycles. The van der Waals surface area contributed by atoms with E-state index in [1.165, 1.54) is 25.8 Å². The second kappa shape index (κ2) is 7.61. The van der Waals surface area contributed by atoms with Crippen molar-refractivity contribution in [2.75, 3.05) is 33.9 Å². The molecule has 3 atom stereocenters. The van der Waals surface area contributed by atoms with Crippen LogP contribution < -0.4 is 5.32 Å². The molecular formula is C16H34N2O. The van der Waals surface area contributed by atoms with Crippen LogP contribution in [-0.4, -0.2) is 50.8 Å². The molecule has 0 spiro atoms. The van der Waals surface area contributed by atoms with E-state index >= 15 is 0 Å². The fourth-order valence-corrected chi connectivity index (χ4v) is 3.58. The minimum atomic E-state index is 0.502. The van der Waals surface area contributed by atoms with Crippen molar-refractivity contribution in [3.63, 3.8) is 0 Å². The minimum absolute atomic E-state index is 0.502. The zero-order valence-electron chi connectivity index (χ0n) is 13.8. The van der Waals surface area contributed by atoms with Gasteiger partial charge in [-0.2, -0.15) is 0 Å². The number of ether oxygens (including phenoxy) is 1. The van der Waals surface area contributed by atoms with E-state index in [9.17, 15) is 0 Å². The third kappa shape index (κ3) is 5.05. The molecule has 1 aliphatic rings. The van der Waals surface area contributed by atoms with Gasteiger partial charge in [0.2, 0.25) is 0 Å². The Morgan fingerprint density at radius 1 is 1.42 bits per heavy atom. The summed E-state index contributed by atoms with van der Waals surface area (Å²) < 4.78 is 5.31. The van der Waals surface area contributed by atoms with Gasteiger partial charge in [0.15, 0.2) is 0 Å². The normalized spacial score (nSPS) is 28.6. The Bertz CT molecular complexity index is 255. The number of rotatable bonds is 7. The molecule has 0 aliphatic heterocycles. The van der Waals surface area contributed by atoms with E-state index in [4.69, 9.17) is 4.74 Å². The van der Waals surface area contributed by atoms with Gasteiger partial charge in [0.05, 0.1) is 6.61 Å². The molecule has 1 N–H and O–H groups in total. The first-order valence-corrected chi connectivity index (χ1v) is 7.83. The Balaban J connectivity index is 2.63. The SMILES string of the molecule is CCN(CC1CC(C)(C)CCC1NC)C(C)COC. The maximum atomic E-state index is 5.31. The summed E-state index contributed by atoms with van der Waals surface area (Å²) >= 11 is 0. The smallest absolute Gasteiger partial charge is 0.0615 e. The molecule has 3 heteroatoms. The van der Waals surface area contributed by atoms with Crippen molar-refractivity contribution in [3.05, 3.63) is 0 Å². The zero-order chi connectivity index (χ0) is 14.5. The molecule has 3 nitrogen and oxygen atoms in total. The lowest BCUT2D eigenvalue weighted by atomic mass is 9.69. The fourth-order valence-electron chi connectivity index (χ4n) is 3.58. The summed E-state index contributed by atoms with van der Waals surface area (Å²) in [5, 5.41) is 3.53. The van der Waals surface area contributed by atoms with Crippen LogP contribution in [0, 0.1) is 11.3 Å². The Hall–Kier alpha value is -0.120.